The zero-order valence-electron chi connectivity index (χ0n) is 11.0. The van der Waals surface area contributed by atoms with Gasteiger partial charge in [0.15, 0.2) is 5.69 Å². The minimum atomic E-state index is -1.12. The van der Waals surface area contributed by atoms with E-state index in [0.717, 1.165) is 6.42 Å². The number of rotatable bonds is 7. The van der Waals surface area contributed by atoms with Gasteiger partial charge in [-0.3, -0.25) is 4.79 Å². The summed E-state index contributed by atoms with van der Waals surface area (Å²) in [6, 6.07) is 3.04. The van der Waals surface area contributed by atoms with Crippen LogP contribution in [-0.4, -0.2) is 39.8 Å². The Morgan fingerprint density at radius 2 is 2.11 bits per heavy atom. The number of nitrogens with one attached hydrogen (secondary N) is 2. The topological polar surface area (TPSA) is 104 Å². The third-order valence-electron chi connectivity index (χ3n) is 2.56. The highest BCUT2D eigenvalue weighted by molar-refractivity contribution is 5.85. The third kappa shape index (κ3) is 5.33. The maximum absolute atomic E-state index is 11.5. The monoisotopic (exact) mass is 266 g/mol. The largest absolute Gasteiger partial charge is 0.476 e. The summed E-state index contributed by atoms with van der Waals surface area (Å²) >= 11 is 0. The minimum absolute atomic E-state index is 0.0306. The van der Waals surface area contributed by atoms with E-state index in [1.807, 2.05) is 13.8 Å². The van der Waals surface area contributed by atoms with Crippen LogP contribution in [0.25, 0.3) is 0 Å². The van der Waals surface area contributed by atoms with Gasteiger partial charge in [0.25, 0.3) is 0 Å². The smallest absolute Gasteiger partial charge is 0.356 e. The molecular weight excluding hydrogens is 248 g/mol. The number of carboxylic acids is 1. The van der Waals surface area contributed by atoms with E-state index < -0.39 is 5.97 Å². The lowest BCUT2D eigenvalue weighted by Crippen LogP contribution is -2.33. The van der Waals surface area contributed by atoms with Gasteiger partial charge in [-0.1, -0.05) is 6.92 Å². The first-order valence-corrected chi connectivity index (χ1v) is 6.13. The summed E-state index contributed by atoms with van der Waals surface area (Å²) in [5.74, 6) is -0.703. The molecule has 7 heteroatoms. The Hall–Kier alpha value is -2.18. The molecular formula is C12H18N4O3. The number of amides is 1. The Morgan fingerprint density at radius 1 is 1.37 bits per heavy atom. The van der Waals surface area contributed by atoms with Crippen LogP contribution in [-0.2, 0) is 4.79 Å². The summed E-state index contributed by atoms with van der Waals surface area (Å²) in [5, 5.41) is 21.6. The molecule has 19 heavy (non-hydrogen) atoms. The lowest BCUT2D eigenvalue weighted by Gasteiger charge is -2.11. The van der Waals surface area contributed by atoms with Crippen LogP contribution in [0.1, 0.15) is 37.2 Å². The molecule has 0 saturated carbocycles. The first kappa shape index (κ1) is 14.9. The molecule has 1 unspecified atom stereocenters. The molecule has 0 fully saturated rings. The second-order valence-corrected chi connectivity index (χ2v) is 4.16. The molecule has 0 aliphatic carbocycles. The summed E-state index contributed by atoms with van der Waals surface area (Å²) in [5.41, 5.74) is -0.111. The average molecular weight is 266 g/mol. The van der Waals surface area contributed by atoms with Crippen LogP contribution in [0.15, 0.2) is 12.1 Å². The zero-order chi connectivity index (χ0) is 14.3. The number of hydrogen-bond acceptors (Lipinski definition) is 5. The van der Waals surface area contributed by atoms with Crippen molar-refractivity contribution in [3.05, 3.63) is 17.8 Å². The third-order valence-corrected chi connectivity index (χ3v) is 2.56. The maximum atomic E-state index is 11.5. The van der Waals surface area contributed by atoms with Crippen molar-refractivity contribution < 1.29 is 14.7 Å². The average Bonchev–Trinajstić information content (AvgIpc) is 2.39. The van der Waals surface area contributed by atoms with Crippen LogP contribution in [0, 0.1) is 0 Å². The molecule has 104 valence electrons. The maximum Gasteiger partial charge on any atom is 0.356 e. The molecule has 0 aliphatic heterocycles. The summed E-state index contributed by atoms with van der Waals surface area (Å²) in [4.78, 5) is 22.1. The van der Waals surface area contributed by atoms with Crippen LogP contribution in [0.4, 0.5) is 5.82 Å². The minimum Gasteiger partial charge on any atom is -0.476 e. The lowest BCUT2D eigenvalue weighted by atomic mass is 10.2. The van der Waals surface area contributed by atoms with E-state index in [0.29, 0.717) is 18.8 Å². The highest BCUT2D eigenvalue weighted by Gasteiger charge is 2.06. The van der Waals surface area contributed by atoms with Crippen LogP contribution >= 0.6 is 0 Å². The Bertz CT molecular complexity index is 433. The molecule has 1 heterocycles. The molecule has 1 aromatic heterocycles. The second-order valence-electron chi connectivity index (χ2n) is 4.16. The predicted molar refractivity (Wildman–Crippen MR) is 70.0 cm³/mol. The number of anilines is 1. The van der Waals surface area contributed by atoms with E-state index in [1.54, 1.807) is 0 Å². The number of aromatic carboxylic acids is 1. The normalized spacial score (nSPS) is 11.7. The van der Waals surface area contributed by atoms with Crippen LogP contribution in [0.3, 0.4) is 0 Å². The van der Waals surface area contributed by atoms with E-state index in [9.17, 15) is 9.59 Å². The fourth-order valence-electron chi connectivity index (χ4n) is 1.29. The van der Waals surface area contributed by atoms with Gasteiger partial charge in [-0.15, -0.1) is 10.2 Å². The molecule has 1 rings (SSSR count). The predicted octanol–water partition coefficient (Wildman–Crippen LogP) is 0.891. The number of carbonyl (C=O) groups excluding carboxylic acids is 1. The highest BCUT2D eigenvalue weighted by atomic mass is 16.4. The van der Waals surface area contributed by atoms with Crippen molar-refractivity contribution in [3.63, 3.8) is 0 Å². The fourth-order valence-corrected chi connectivity index (χ4v) is 1.29. The standard InChI is InChI=1S/C12H18N4O3/c1-3-8(2)14-11(17)6-7-13-10-5-4-9(12(18)19)15-16-10/h4-5,8H,3,6-7H2,1-2H3,(H,13,16)(H,14,17)(H,18,19). The van der Waals surface area contributed by atoms with Crippen molar-refractivity contribution in [1.82, 2.24) is 15.5 Å². The summed E-state index contributed by atoms with van der Waals surface area (Å²) in [6.45, 7) is 4.37. The molecule has 0 bridgehead atoms. The Kier molecular flexibility index (Phi) is 5.72. The van der Waals surface area contributed by atoms with Gasteiger partial charge in [0.1, 0.15) is 5.82 Å². The van der Waals surface area contributed by atoms with Gasteiger partial charge in [0, 0.05) is 19.0 Å². The van der Waals surface area contributed by atoms with Gasteiger partial charge in [-0.25, -0.2) is 4.79 Å². The van der Waals surface area contributed by atoms with Gasteiger partial charge in [-0.2, -0.15) is 0 Å². The molecule has 7 nitrogen and oxygen atoms in total. The first-order chi connectivity index (χ1) is 9.02. The number of aromatic nitrogens is 2. The second kappa shape index (κ2) is 7.30. The number of nitrogens with zero attached hydrogens (tertiary/aromatic N) is 2. The van der Waals surface area contributed by atoms with Gasteiger partial charge in [-0.05, 0) is 25.5 Å². The van der Waals surface area contributed by atoms with Crippen molar-refractivity contribution >= 4 is 17.7 Å². The van der Waals surface area contributed by atoms with Gasteiger partial charge in [0.2, 0.25) is 5.91 Å². The lowest BCUT2D eigenvalue weighted by molar-refractivity contribution is -0.121. The Balaban J connectivity index is 2.33. The number of carboxylic acid groups (broad SMARTS) is 1. The van der Waals surface area contributed by atoms with E-state index >= 15 is 0 Å². The molecule has 0 radical (unpaired) electrons. The molecule has 1 atom stereocenters. The first-order valence-electron chi connectivity index (χ1n) is 6.13. The van der Waals surface area contributed by atoms with Crippen molar-refractivity contribution in [2.45, 2.75) is 32.7 Å². The van der Waals surface area contributed by atoms with Crippen molar-refractivity contribution in [2.75, 3.05) is 11.9 Å². The van der Waals surface area contributed by atoms with E-state index in [1.165, 1.54) is 12.1 Å². The van der Waals surface area contributed by atoms with E-state index in [-0.39, 0.29) is 17.6 Å². The van der Waals surface area contributed by atoms with Crippen molar-refractivity contribution in [2.24, 2.45) is 0 Å². The number of hydrogen-bond donors (Lipinski definition) is 3. The SMILES string of the molecule is CCC(C)NC(=O)CCNc1ccc(C(=O)O)nn1. The molecule has 0 spiro atoms. The summed E-state index contributed by atoms with van der Waals surface area (Å²) < 4.78 is 0. The van der Waals surface area contributed by atoms with Crippen LogP contribution < -0.4 is 10.6 Å². The molecule has 0 aliphatic rings. The quantitative estimate of drug-likeness (QED) is 0.677. The highest BCUT2D eigenvalue weighted by Crippen LogP contribution is 2.02. The van der Waals surface area contributed by atoms with Crippen LogP contribution in [0.2, 0.25) is 0 Å². The van der Waals surface area contributed by atoms with E-state index in [4.69, 9.17) is 5.11 Å². The molecule has 0 aromatic carbocycles. The Labute approximate surface area is 111 Å². The van der Waals surface area contributed by atoms with Crippen molar-refractivity contribution in [1.29, 1.82) is 0 Å². The van der Waals surface area contributed by atoms with E-state index in [2.05, 4.69) is 20.8 Å². The molecule has 0 saturated heterocycles. The molecule has 1 amide bonds. The zero-order valence-corrected chi connectivity index (χ0v) is 11.0. The van der Waals surface area contributed by atoms with Gasteiger partial charge >= 0.3 is 5.97 Å². The fraction of sp³-hybridized carbons (Fsp3) is 0.500. The Morgan fingerprint density at radius 3 is 2.63 bits per heavy atom. The van der Waals surface area contributed by atoms with Crippen molar-refractivity contribution in [3.8, 4) is 0 Å². The van der Waals surface area contributed by atoms with Gasteiger partial charge in [0.05, 0.1) is 0 Å². The van der Waals surface area contributed by atoms with Gasteiger partial charge < -0.3 is 15.7 Å². The molecule has 3 N–H and O–H groups in total. The number of carbonyl (C=O) groups is 2. The molecule has 1 aromatic rings. The van der Waals surface area contributed by atoms with Crippen LogP contribution in [0.5, 0.6) is 0 Å². The summed E-state index contributed by atoms with van der Waals surface area (Å²) in [7, 11) is 0. The summed E-state index contributed by atoms with van der Waals surface area (Å²) in [6.07, 6.45) is 1.22.